The van der Waals surface area contributed by atoms with E-state index in [1.165, 1.54) is 135 Å². The first-order valence-electron chi connectivity index (χ1n) is 24.0. The minimum absolute atomic E-state index is 0.293. The number of unbranched alkanes of at least 4 members (excludes halogenated alkanes) is 23. The number of Topliss-reactive ketones (excluding diaryl/α,β-unsaturated/α-hetero) is 1. The lowest BCUT2D eigenvalue weighted by atomic mass is 9.91. The van der Waals surface area contributed by atoms with Crippen LogP contribution < -0.4 is 0 Å². The Balaban J connectivity index is 2.39. The third-order valence-electron chi connectivity index (χ3n) is 12.3. The zero-order valence-corrected chi connectivity index (χ0v) is 37.3. The largest absolute Gasteiger partial charge is 0.394 e. The van der Waals surface area contributed by atoms with E-state index in [0.29, 0.717) is 12.8 Å². The van der Waals surface area contributed by atoms with E-state index in [0.717, 1.165) is 50.4 Å². The fourth-order valence-electron chi connectivity index (χ4n) is 7.90. The normalized spacial score (nSPS) is 22.3. The molecule has 0 aliphatic carbocycles. The highest BCUT2D eigenvalue weighted by molar-refractivity contribution is 5.86. The summed E-state index contributed by atoms with van der Waals surface area (Å²) in [4.78, 5) is 13.5. The Morgan fingerprint density at radius 3 is 1.51 bits per heavy atom. The lowest BCUT2D eigenvalue weighted by Crippen LogP contribution is -2.59. The SMILES string of the molecule is CCC(C)CCCCCCCCCCCCCCCCC[C@@H](O)C(=O)[C@@H](CO[C@@H]1O[C@H](CO)[C@H](O)[C@H](O)[C@H]1O)[C@H](O)/C=C/CCCCCCCCCCCC(C)C. The molecule has 0 radical (unpaired) electrons. The predicted molar refractivity (Wildman–Crippen MR) is 233 cm³/mol. The van der Waals surface area contributed by atoms with Gasteiger partial charge in [0, 0.05) is 0 Å². The predicted octanol–water partition coefficient (Wildman–Crippen LogP) is 9.89. The van der Waals surface area contributed by atoms with Gasteiger partial charge in [-0.3, -0.25) is 4.79 Å². The third kappa shape index (κ3) is 26.8. The summed E-state index contributed by atoms with van der Waals surface area (Å²) in [6, 6.07) is 0. The molecule has 1 heterocycles. The van der Waals surface area contributed by atoms with Gasteiger partial charge in [-0.25, -0.2) is 0 Å². The molecular formula is C48H92O9. The average Bonchev–Trinajstić information content (AvgIpc) is 3.20. The Labute approximate surface area is 349 Å². The lowest BCUT2D eigenvalue weighted by molar-refractivity contribution is -0.303. The van der Waals surface area contributed by atoms with E-state index in [-0.39, 0.29) is 6.61 Å². The van der Waals surface area contributed by atoms with Gasteiger partial charge in [-0.15, -0.1) is 0 Å². The summed E-state index contributed by atoms with van der Waals surface area (Å²) >= 11 is 0. The molecule has 1 aliphatic heterocycles. The highest BCUT2D eigenvalue weighted by Crippen LogP contribution is 2.25. The number of rotatable bonds is 39. The fraction of sp³-hybridized carbons (Fsp3) is 0.938. The first kappa shape index (κ1) is 54.1. The summed E-state index contributed by atoms with van der Waals surface area (Å²) in [7, 11) is 0. The van der Waals surface area contributed by atoms with Gasteiger partial charge in [0.05, 0.1) is 25.2 Å². The summed E-state index contributed by atoms with van der Waals surface area (Å²) in [5, 5.41) is 62.3. The van der Waals surface area contributed by atoms with Crippen LogP contribution in [0.2, 0.25) is 0 Å². The van der Waals surface area contributed by atoms with Crippen LogP contribution in [0.15, 0.2) is 12.2 Å². The number of carbonyl (C=O) groups excluding carboxylic acids is 1. The highest BCUT2D eigenvalue weighted by Gasteiger charge is 2.44. The third-order valence-corrected chi connectivity index (χ3v) is 12.3. The Morgan fingerprint density at radius 1 is 0.614 bits per heavy atom. The second-order valence-corrected chi connectivity index (χ2v) is 18.0. The summed E-state index contributed by atoms with van der Waals surface area (Å²) in [6.45, 7) is 8.23. The molecule has 1 aliphatic rings. The molecule has 1 rings (SSSR count). The van der Waals surface area contributed by atoms with Gasteiger partial charge in [0.2, 0.25) is 0 Å². The van der Waals surface area contributed by atoms with Gasteiger partial charge in [-0.05, 0) is 31.1 Å². The van der Waals surface area contributed by atoms with Crippen molar-refractivity contribution in [3.63, 3.8) is 0 Å². The van der Waals surface area contributed by atoms with E-state index in [1.807, 2.05) is 6.08 Å². The van der Waals surface area contributed by atoms with Crippen LogP contribution in [-0.4, -0.2) is 92.5 Å². The van der Waals surface area contributed by atoms with Gasteiger partial charge >= 0.3 is 0 Å². The molecule has 0 amide bonds. The topological polar surface area (TPSA) is 157 Å². The first-order valence-corrected chi connectivity index (χ1v) is 24.0. The molecule has 0 bridgehead atoms. The number of hydrogen-bond donors (Lipinski definition) is 6. The van der Waals surface area contributed by atoms with Crippen LogP contribution in [0.5, 0.6) is 0 Å². The molecular weight excluding hydrogens is 721 g/mol. The molecule has 9 atom stereocenters. The van der Waals surface area contributed by atoms with Crippen molar-refractivity contribution in [3.8, 4) is 0 Å². The van der Waals surface area contributed by atoms with Crippen molar-refractivity contribution in [3.05, 3.63) is 12.2 Å². The zero-order chi connectivity index (χ0) is 42.1. The van der Waals surface area contributed by atoms with Crippen LogP contribution in [0.3, 0.4) is 0 Å². The van der Waals surface area contributed by atoms with Gasteiger partial charge in [0.25, 0.3) is 0 Å². The number of hydrogen-bond acceptors (Lipinski definition) is 9. The van der Waals surface area contributed by atoms with Crippen LogP contribution in [-0.2, 0) is 14.3 Å². The molecule has 0 aromatic heterocycles. The van der Waals surface area contributed by atoms with Crippen molar-refractivity contribution in [1.82, 2.24) is 0 Å². The number of aliphatic hydroxyl groups is 6. The molecule has 9 heteroatoms. The van der Waals surface area contributed by atoms with Gasteiger partial charge in [0.15, 0.2) is 12.1 Å². The minimum Gasteiger partial charge on any atom is -0.394 e. The van der Waals surface area contributed by atoms with E-state index < -0.39 is 61.2 Å². The monoisotopic (exact) mass is 813 g/mol. The van der Waals surface area contributed by atoms with Crippen molar-refractivity contribution in [2.45, 2.75) is 257 Å². The van der Waals surface area contributed by atoms with E-state index in [1.54, 1.807) is 6.08 Å². The molecule has 6 N–H and O–H groups in total. The number of allylic oxidation sites excluding steroid dienone is 1. The fourth-order valence-corrected chi connectivity index (χ4v) is 7.90. The Hall–Kier alpha value is -0.910. The van der Waals surface area contributed by atoms with Crippen molar-refractivity contribution < 1.29 is 44.9 Å². The molecule has 0 spiro atoms. The van der Waals surface area contributed by atoms with Crippen molar-refractivity contribution in [1.29, 1.82) is 0 Å². The molecule has 338 valence electrons. The Bertz CT molecular complexity index is 943. The maximum atomic E-state index is 13.5. The minimum atomic E-state index is -1.62. The van der Waals surface area contributed by atoms with E-state index in [2.05, 4.69) is 27.7 Å². The summed E-state index contributed by atoms with van der Waals surface area (Å²) in [5.41, 5.74) is 0. The molecule has 1 saturated heterocycles. The van der Waals surface area contributed by atoms with E-state index >= 15 is 0 Å². The maximum absolute atomic E-state index is 13.5. The van der Waals surface area contributed by atoms with Crippen LogP contribution in [0.4, 0.5) is 0 Å². The Morgan fingerprint density at radius 2 is 1.05 bits per heavy atom. The van der Waals surface area contributed by atoms with Gasteiger partial charge in [0.1, 0.15) is 30.5 Å². The van der Waals surface area contributed by atoms with Crippen LogP contribution in [0.1, 0.15) is 214 Å². The van der Waals surface area contributed by atoms with Gasteiger partial charge in [-0.2, -0.15) is 0 Å². The number of carbonyl (C=O) groups is 1. The first-order chi connectivity index (χ1) is 27.5. The summed E-state index contributed by atoms with van der Waals surface area (Å²) in [6.07, 6.45) is 28.3. The molecule has 9 nitrogen and oxygen atoms in total. The molecule has 0 aromatic carbocycles. The second-order valence-electron chi connectivity index (χ2n) is 18.0. The standard InChI is InChI=1S/C48H92O9/c1-5-39(4)33-29-25-21-17-13-9-7-6-8-10-14-19-23-27-31-35-42(51)44(52)40(37-56-48-47(55)46(54)45(53)43(36-49)57-48)41(50)34-30-26-22-18-15-11-12-16-20-24-28-32-38(2)3/h30,34,38-43,45-51,53-55H,5-29,31-33,35-37H2,1-4H3/b34-30+/t39?,40-,41+,42+,43+,45-,46-,47+,48+/m0/s1. The van der Waals surface area contributed by atoms with Crippen LogP contribution in [0.25, 0.3) is 0 Å². The van der Waals surface area contributed by atoms with Crippen molar-refractivity contribution >= 4 is 5.78 Å². The number of ether oxygens (including phenoxy) is 2. The van der Waals surface area contributed by atoms with Crippen molar-refractivity contribution in [2.75, 3.05) is 13.2 Å². The quantitative estimate of drug-likeness (QED) is 0.0263. The van der Waals surface area contributed by atoms with Gasteiger partial charge < -0.3 is 40.1 Å². The maximum Gasteiger partial charge on any atom is 0.186 e. The molecule has 1 fully saturated rings. The average molecular weight is 813 g/mol. The number of ketones is 1. The smallest absolute Gasteiger partial charge is 0.186 e. The second kappa shape index (κ2) is 35.8. The highest BCUT2D eigenvalue weighted by atomic mass is 16.7. The van der Waals surface area contributed by atoms with Crippen LogP contribution >= 0.6 is 0 Å². The van der Waals surface area contributed by atoms with Crippen LogP contribution in [0, 0.1) is 17.8 Å². The summed E-state index contributed by atoms with van der Waals surface area (Å²) in [5.74, 6) is 0.0109. The molecule has 0 aromatic rings. The van der Waals surface area contributed by atoms with E-state index in [4.69, 9.17) is 9.47 Å². The number of aliphatic hydroxyl groups excluding tert-OH is 6. The zero-order valence-electron chi connectivity index (χ0n) is 37.3. The van der Waals surface area contributed by atoms with E-state index in [9.17, 15) is 35.4 Å². The van der Waals surface area contributed by atoms with Gasteiger partial charge in [-0.1, -0.05) is 207 Å². The summed E-state index contributed by atoms with van der Waals surface area (Å²) < 4.78 is 11.1. The Kier molecular flexibility index (Phi) is 34.0. The molecule has 57 heavy (non-hydrogen) atoms. The van der Waals surface area contributed by atoms with Crippen molar-refractivity contribution in [2.24, 2.45) is 17.8 Å². The molecule has 0 saturated carbocycles. The lowest BCUT2D eigenvalue weighted by Gasteiger charge is -2.40. The molecule has 1 unspecified atom stereocenters.